The zero-order valence-electron chi connectivity index (χ0n) is 9.92. The Morgan fingerprint density at radius 3 is 2.65 bits per heavy atom. The monoisotopic (exact) mass is 292 g/mol. The van der Waals surface area contributed by atoms with Gasteiger partial charge in [0.1, 0.15) is 12.2 Å². The van der Waals surface area contributed by atoms with Crippen LogP contribution in [0.3, 0.4) is 0 Å². The molecule has 4 N–H and O–H groups in total. The van der Waals surface area contributed by atoms with E-state index in [2.05, 4.69) is 9.72 Å². The van der Waals surface area contributed by atoms with Gasteiger partial charge in [0.05, 0.1) is 11.5 Å². The van der Waals surface area contributed by atoms with Gasteiger partial charge in [-0.05, 0) is 0 Å². The van der Waals surface area contributed by atoms with Crippen molar-refractivity contribution in [1.29, 1.82) is 0 Å². The van der Waals surface area contributed by atoms with E-state index in [1.165, 1.54) is 0 Å². The van der Waals surface area contributed by atoms with Crippen molar-refractivity contribution >= 4 is 17.4 Å². The average molecular weight is 292 g/mol. The topological polar surface area (TPSA) is 144 Å². The molecule has 110 valence electrons. The molecule has 0 radical (unpaired) electrons. The summed E-state index contributed by atoms with van der Waals surface area (Å²) >= 11 is 0. The lowest BCUT2D eigenvalue weighted by atomic mass is 10.2. The SMILES string of the molecule is NC(=O)c1cc([N+](=O)[O-])c(N)nc1OCCOC(F)F. The van der Waals surface area contributed by atoms with Gasteiger partial charge in [0, 0.05) is 6.07 Å². The molecule has 0 unspecified atom stereocenters. The van der Waals surface area contributed by atoms with Crippen LogP contribution in [0.15, 0.2) is 6.07 Å². The fourth-order valence-corrected chi connectivity index (χ4v) is 1.21. The number of rotatable bonds is 7. The maximum Gasteiger partial charge on any atom is 0.345 e. The van der Waals surface area contributed by atoms with E-state index >= 15 is 0 Å². The summed E-state index contributed by atoms with van der Waals surface area (Å²) in [5, 5.41) is 10.6. The smallest absolute Gasteiger partial charge is 0.345 e. The van der Waals surface area contributed by atoms with E-state index in [9.17, 15) is 23.7 Å². The van der Waals surface area contributed by atoms with E-state index in [0.717, 1.165) is 6.07 Å². The third kappa shape index (κ3) is 3.98. The Bertz CT molecular complexity index is 525. The number of nitro groups is 1. The Kier molecular flexibility index (Phi) is 5.08. The molecule has 9 nitrogen and oxygen atoms in total. The Labute approximate surface area is 110 Å². The van der Waals surface area contributed by atoms with Crippen molar-refractivity contribution in [1.82, 2.24) is 4.98 Å². The molecule has 0 bridgehead atoms. The van der Waals surface area contributed by atoms with Crippen molar-refractivity contribution < 1.29 is 28.0 Å². The van der Waals surface area contributed by atoms with Gasteiger partial charge in [-0.3, -0.25) is 14.9 Å². The second-order valence-electron chi connectivity index (χ2n) is 3.35. The Morgan fingerprint density at radius 2 is 2.15 bits per heavy atom. The fraction of sp³-hybridized carbons (Fsp3) is 0.333. The highest BCUT2D eigenvalue weighted by atomic mass is 19.3. The number of nitrogens with zero attached hydrogens (tertiary/aromatic N) is 2. The molecular formula is C9H10F2N4O5. The number of nitrogens with two attached hydrogens (primary N) is 2. The van der Waals surface area contributed by atoms with Gasteiger partial charge >= 0.3 is 12.3 Å². The Morgan fingerprint density at radius 1 is 1.50 bits per heavy atom. The molecule has 0 aliphatic heterocycles. The van der Waals surface area contributed by atoms with Gasteiger partial charge in [-0.2, -0.15) is 13.8 Å². The first-order chi connectivity index (χ1) is 9.32. The van der Waals surface area contributed by atoms with Crippen molar-refractivity contribution in [3.8, 4) is 5.88 Å². The number of halogens is 2. The van der Waals surface area contributed by atoms with Crippen molar-refractivity contribution in [2.45, 2.75) is 6.61 Å². The molecular weight excluding hydrogens is 282 g/mol. The van der Waals surface area contributed by atoms with Gasteiger partial charge in [-0.15, -0.1) is 0 Å². The number of aromatic nitrogens is 1. The largest absolute Gasteiger partial charge is 0.475 e. The molecule has 11 heteroatoms. The molecule has 1 aromatic rings. The van der Waals surface area contributed by atoms with Crippen LogP contribution in [0.25, 0.3) is 0 Å². The highest BCUT2D eigenvalue weighted by Crippen LogP contribution is 2.26. The first-order valence-electron chi connectivity index (χ1n) is 5.10. The number of ether oxygens (including phenoxy) is 2. The number of anilines is 1. The summed E-state index contributed by atoms with van der Waals surface area (Å²) in [4.78, 5) is 24.4. The van der Waals surface area contributed by atoms with Crippen LogP contribution in [-0.2, 0) is 4.74 Å². The predicted octanol–water partition coefficient (Wildman–Crippen LogP) is 0.289. The lowest BCUT2D eigenvalue weighted by Crippen LogP contribution is -2.17. The lowest BCUT2D eigenvalue weighted by Gasteiger charge is -2.09. The van der Waals surface area contributed by atoms with Crippen LogP contribution < -0.4 is 16.2 Å². The molecule has 1 aromatic heterocycles. The number of carbonyl (C=O) groups is 1. The number of primary amides is 1. The second kappa shape index (κ2) is 6.56. The Hall–Kier alpha value is -2.56. The highest BCUT2D eigenvalue weighted by Gasteiger charge is 2.21. The van der Waals surface area contributed by atoms with Crippen LogP contribution in [-0.4, -0.2) is 35.6 Å². The van der Waals surface area contributed by atoms with Crippen molar-refractivity contribution in [2.75, 3.05) is 18.9 Å². The number of amides is 1. The van der Waals surface area contributed by atoms with Crippen LogP contribution in [0.1, 0.15) is 10.4 Å². The summed E-state index contributed by atoms with van der Waals surface area (Å²) in [6.45, 7) is -3.81. The quantitative estimate of drug-likeness (QED) is 0.417. The molecule has 1 amide bonds. The average Bonchev–Trinajstić information content (AvgIpc) is 2.33. The molecule has 20 heavy (non-hydrogen) atoms. The van der Waals surface area contributed by atoms with E-state index in [4.69, 9.17) is 16.2 Å². The number of nitrogen functional groups attached to an aromatic ring is 1. The molecule has 0 aliphatic rings. The summed E-state index contributed by atoms with van der Waals surface area (Å²) < 4.78 is 32.2. The van der Waals surface area contributed by atoms with Gasteiger partial charge in [-0.25, -0.2) is 0 Å². The van der Waals surface area contributed by atoms with Crippen molar-refractivity contribution in [3.63, 3.8) is 0 Å². The highest BCUT2D eigenvalue weighted by molar-refractivity contribution is 5.96. The van der Waals surface area contributed by atoms with E-state index in [0.29, 0.717) is 0 Å². The number of hydrogen-bond donors (Lipinski definition) is 2. The lowest BCUT2D eigenvalue weighted by molar-refractivity contribution is -0.384. The fourth-order valence-electron chi connectivity index (χ4n) is 1.21. The van der Waals surface area contributed by atoms with Gasteiger partial charge in [-0.1, -0.05) is 0 Å². The molecule has 0 saturated carbocycles. The molecule has 0 fully saturated rings. The third-order valence-corrected chi connectivity index (χ3v) is 2.02. The standard InChI is InChI=1S/C9H10F2N4O5/c10-9(11)20-2-1-19-8-4(7(13)16)3-5(15(17)18)6(12)14-8/h3,9H,1-2H2,(H2,12,14)(H2,13,16). The van der Waals surface area contributed by atoms with Crippen LogP contribution in [0, 0.1) is 10.1 Å². The molecule has 0 spiro atoms. The summed E-state index contributed by atoms with van der Waals surface area (Å²) in [5.74, 6) is -1.92. The molecule has 1 rings (SSSR count). The van der Waals surface area contributed by atoms with Crippen LogP contribution in [0.4, 0.5) is 20.3 Å². The van der Waals surface area contributed by atoms with Gasteiger partial charge in [0.15, 0.2) is 0 Å². The maximum atomic E-state index is 11.7. The number of hydrogen-bond acceptors (Lipinski definition) is 7. The minimum absolute atomic E-state index is 0.366. The van der Waals surface area contributed by atoms with E-state index in [1.54, 1.807) is 0 Å². The summed E-state index contributed by atoms with van der Waals surface area (Å²) in [5.41, 5.74) is 9.32. The maximum absolute atomic E-state index is 11.7. The zero-order valence-corrected chi connectivity index (χ0v) is 9.92. The first-order valence-corrected chi connectivity index (χ1v) is 5.10. The Balaban J connectivity index is 2.92. The second-order valence-corrected chi connectivity index (χ2v) is 3.35. The summed E-state index contributed by atoms with van der Waals surface area (Å²) in [7, 11) is 0. The van der Waals surface area contributed by atoms with Gasteiger partial charge < -0.3 is 20.9 Å². The molecule has 0 atom stereocenters. The minimum atomic E-state index is -2.97. The van der Waals surface area contributed by atoms with Crippen molar-refractivity contribution in [3.05, 3.63) is 21.7 Å². The van der Waals surface area contributed by atoms with Crippen LogP contribution in [0.2, 0.25) is 0 Å². The molecule has 0 saturated heterocycles. The number of alkyl halides is 2. The summed E-state index contributed by atoms with van der Waals surface area (Å²) in [6, 6.07) is 0.800. The van der Waals surface area contributed by atoms with Crippen molar-refractivity contribution in [2.24, 2.45) is 5.73 Å². The molecule has 0 aromatic carbocycles. The molecule has 0 aliphatic carbocycles. The number of pyridine rings is 1. The zero-order chi connectivity index (χ0) is 15.3. The van der Waals surface area contributed by atoms with Gasteiger partial charge in [0.25, 0.3) is 5.91 Å². The first kappa shape index (κ1) is 15.5. The normalized spacial score (nSPS) is 10.6. The molecule has 1 heterocycles. The van der Waals surface area contributed by atoms with E-state index < -0.39 is 41.4 Å². The van der Waals surface area contributed by atoms with Crippen LogP contribution in [0.5, 0.6) is 5.88 Å². The van der Waals surface area contributed by atoms with Crippen LogP contribution >= 0.6 is 0 Å². The third-order valence-electron chi connectivity index (χ3n) is 2.02. The van der Waals surface area contributed by atoms with E-state index in [-0.39, 0.29) is 12.2 Å². The van der Waals surface area contributed by atoms with E-state index in [1.807, 2.05) is 0 Å². The number of carbonyl (C=O) groups excluding carboxylic acids is 1. The predicted molar refractivity (Wildman–Crippen MR) is 61.3 cm³/mol. The minimum Gasteiger partial charge on any atom is -0.475 e. The van der Waals surface area contributed by atoms with Gasteiger partial charge in [0.2, 0.25) is 11.7 Å². The summed E-state index contributed by atoms with van der Waals surface area (Å²) in [6.07, 6.45) is 0.